The zero-order valence-electron chi connectivity index (χ0n) is 12.6. The minimum Gasteiger partial charge on any atom is -0.384 e. The monoisotopic (exact) mass is 279 g/mol. The molecular formula is C16H26FN3. The molecule has 0 aliphatic carbocycles. The minimum atomic E-state index is -0.184. The van der Waals surface area contributed by atoms with Gasteiger partial charge in [-0.15, -0.1) is 0 Å². The first-order chi connectivity index (χ1) is 9.69. The van der Waals surface area contributed by atoms with Gasteiger partial charge in [-0.2, -0.15) is 0 Å². The van der Waals surface area contributed by atoms with Crippen LogP contribution in [0, 0.1) is 5.82 Å². The van der Waals surface area contributed by atoms with Crippen molar-refractivity contribution < 1.29 is 4.39 Å². The number of anilines is 1. The standard InChI is InChI=1S/C16H26FN3/c1-3-14(2)20-12-10-19(11-13-20)9-8-18-16-6-4-15(17)5-7-16/h4-7,14,18H,3,8-13H2,1-2H3. The van der Waals surface area contributed by atoms with Crippen LogP contribution in [-0.4, -0.2) is 55.1 Å². The van der Waals surface area contributed by atoms with Crippen molar-refractivity contribution in [2.24, 2.45) is 0 Å². The Morgan fingerprint density at radius 2 is 1.80 bits per heavy atom. The van der Waals surface area contributed by atoms with Crippen LogP contribution in [0.5, 0.6) is 0 Å². The van der Waals surface area contributed by atoms with Crippen LogP contribution in [-0.2, 0) is 0 Å². The average molecular weight is 279 g/mol. The van der Waals surface area contributed by atoms with Crippen molar-refractivity contribution in [2.45, 2.75) is 26.3 Å². The van der Waals surface area contributed by atoms with E-state index in [1.165, 1.54) is 31.6 Å². The minimum absolute atomic E-state index is 0.184. The molecule has 0 radical (unpaired) electrons. The fraction of sp³-hybridized carbons (Fsp3) is 0.625. The first kappa shape index (κ1) is 15.3. The number of hydrogen-bond acceptors (Lipinski definition) is 3. The lowest BCUT2D eigenvalue weighted by atomic mass is 10.2. The van der Waals surface area contributed by atoms with Crippen LogP contribution in [0.2, 0.25) is 0 Å². The summed E-state index contributed by atoms with van der Waals surface area (Å²) in [6.07, 6.45) is 1.23. The third-order valence-electron chi connectivity index (χ3n) is 4.22. The fourth-order valence-electron chi connectivity index (χ4n) is 2.61. The maximum absolute atomic E-state index is 12.8. The summed E-state index contributed by atoms with van der Waals surface area (Å²) in [5.41, 5.74) is 0.990. The van der Waals surface area contributed by atoms with Crippen molar-refractivity contribution in [3.63, 3.8) is 0 Å². The molecule has 0 saturated carbocycles. The van der Waals surface area contributed by atoms with E-state index < -0.39 is 0 Å². The van der Waals surface area contributed by atoms with Gasteiger partial charge in [-0.1, -0.05) is 6.92 Å². The third kappa shape index (κ3) is 4.46. The van der Waals surface area contributed by atoms with E-state index >= 15 is 0 Å². The van der Waals surface area contributed by atoms with Gasteiger partial charge < -0.3 is 5.32 Å². The predicted octanol–water partition coefficient (Wildman–Crippen LogP) is 2.65. The molecule has 1 fully saturated rings. The topological polar surface area (TPSA) is 18.5 Å². The lowest BCUT2D eigenvalue weighted by Gasteiger charge is -2.37. The molecule has 1 aromatic rings. The fourth-order valence-corrected chi connectivity index (χ4v) is 2.61. The Kier molecular flexibility index (Phi) is 5.80. The molecule has 1 aliphatic rings. The summed E-state index contributed by atoms with van der Waals surface area (Å²) >= 11 is 0. The summed E-state index contributed by atoms with van der Waals surface area (Å²) < 4.78 is 12.8. The molecule has 1 heterocycles. The molecule has 1 aromatic carbocycles. The molecule has 20 heavy (non-hydrogen) atoms. The van der Waals surface area contributed by atoms with Gasteiger partial charge in [0.2, 0.25) is 0 Å². The molecule has 1 unspecified atom stereocenters. The molecule has 1 aliphatic heterocycles. The number of rotatable bonds is 6. The van der Waals surface area contributed by atoms with E-state index in [4.69, 9.17) is 0 Å². The van der Waals surface area contributed by atoms with Crippen molar-refractivity contribution in [1.29, 1.82) is 0 Å². The highest BCUT2D eigenvalue weighted by Crippen LogP contribution is 2.10. The van der Waals surface area contributed by atoms with E-state index in [0.29, 0.717) is 6.04 Å². The van der Waals surface area contributed by atoms with Crippen LogP contribution in [0.3, 0.4) is 0 Å². The molecular weight excluding hydrogens is 253 g/mol. The molecule has 2 rings (SSSR count). The second-order valence-electron chi connectivity index (χ2n) is 5.57. The Labute approximate surface area is 121 Å². The van der Waals surface area contributed by atoms with Gasteiger partial charge >= 0.3 is 0 Å². The lowest BCUT2D eigenvalue weighted by molar-refractivity contribution is 0.103. The van der Waals surface area contributed by atoms with E-state index in [2.05, 4.69) is 29.0 Å². The number of benzene rings is 1. The molecule has 1 saturated heterocycles. The molecule has 112 valence electrons. The summed E-state index contributed by atoms with van der Waals surface area (Å²) in [4.78, 5) is 5.07. The second-order valence-corrected chi connectivity index (χ2v) is 5.57. The first-order valence-electron chi connectivity index (χ1n) is 7.65. The molecule has 1 N–H and O–H groups in total. The van der Waals surface area contributed by atoms with Crippen molar-refractivity contribution >= 4 is 5.69 Å². The Morgan fingerprint density at radius 3 is 2.40 bits per heavy atom. The van der Waals surface area contributed by atoms with Gasteiger partial charge in [-0.25, -0.2) is 4.39 Å². The molecule has 0 spiro atoms. The summed E-state index contributed by atoms with van der Waals surface area (Å²) in [5, 5.41) is 3.34. The molecule has 0 aromatic heterocycles. The highest BCUT2D eigenvalue weighted by molar-refractivity contribution is 5.42. The van der Waals surface area contributed by atoms with Gasteiger partial charge in [-0.3, -0.25) is 9.80 Å². The molecule has 0 amide bonds. The van der Waals surface area contributed by atoms with Gasteiger partial charge in [0.15, 0.2) is 0 Å². The summed E-state index contributed by atoms with van der Waals surface area (Å²) in [5.74, 6) is -0.184. The Balaban J connectivity index is 1.65. The molecule has 3 nitrogen and oxygen atoms in total. The van der Waals surface area contributed by atoms with Crippen molar-refractivity contribution in [2.75, 3.05) is 44.6 Å². The van der Waals surface area contributed by atoms with Crippen LogP contribution in [0.25, 0.3) is 0 Å². The van der Waals surface area contributed by atoms with Gasteiger partial charge in [0.25, 0.3) is 0 Å². The number of nitrogens with one attached hydrogen (secondary N) is 1. The average Bonchev–Trinajstić information content (AvgIpc) is 2.49. The summed E-state index contributed by atoms with van der Waals surface area (Å²) in [6, 6.07) is 7.27. The van der Waals surface area contributed by atoms with E-state index in [1.54, 1.807) is 12.1 Å². The maximum atomic E-state index is 12.8. The van der Waals surface area contributed by atoms with Gasteiger partial charge in [0.1, 0.15) is 5.82 Å². The largest absolute Gasteiger partial charge is 0.384 e. The number of nitrogens with zero attached hydrogens (tertiary/aromatic N) is 2. The Morgan fingerprint density at radius 1 is 1.15 bits per heavy atom. The van der Waals surface area contributed by atoms with Crippen LogP contribution in [0.1, 0.15) is 20.3 Å². The number of hydrogen-bond donors (Lipinski definition) is 1. The zero-order valence-corrected chi connectivity index (χ0v) is 12.6. The van der Waals surface area contributed by atoms with Crippen molar-refractivity contribution in [1.82, 2.24) is 9.80 Å². The SMILES string of the molecule is CCC(C)N1CCN(CCNc2ccc(F)cc2)CC1. The van der Waals surface area contributed by atoms with Gasteiger partial charge in [0, 0.05) is 51.0 Å². The Hall–Kier alpha value is -1.13. The highest BCUT2D eigenvalue weighted by Gasteiger charge is 2.19. The summed E-state index contributed by atoms with van der Waals surface area (Å²) in [6.45, 7) is 11.2. The smallest absolute Gasteiger partial charge is 0.123 e. The van der Waals surface area contributed by atoms with Gasteiger partial charge in [0.05, 0.1) is 0 Å². The zero-order chi connectivity index (χ0) is 14.4. The van der Waals surface area contributed by atoms with E-state index in [-0.39, 0.29) is 5.82 Å². The second kappa shape index (κ2) is 7.60. The Bertz CT molecular complexity index is 385. The van der Waals surface area contributed by atoms with Crippen molar-refractivity contribution in [3.05, 3.63) is 30.1 Å². The van der Waals surface area contributed by atoms with Crippen LogP contribution in [0.4, 0.5) is 10.1 Å². The molecule has 0 bridgehead atoms. The summed E-state index contributed by atoms with van der Waals surface area (Å²) in [7, 11) is 0. The third-order valence-corrected chi connectivity index (χ3v) is 4.22. The van der Waals surface area contributed by atoms with Crippen molar-refractivity contribution in [3.8, 4) is 0 Å². The number of piperazine rings is 1. The lowest BCUT2D eigenvalue weighted by Crippen LogP contribution is -2.50. The van der Waals surface area contributed by atoms with E-state index in [0.717, 1.165) is 31.9 Å². The number of halogens is 1. The maximum Gasteiger partial charge on any atom is 0.123 e. The normalized spacial score (nSPS) is 18.9. The van der Waals surface area contributed by atoms with Gasteiger partial charge in [-0.05, 0) is 37.6 Å². The van der Waals surface area contributed by atoms with E-state index in [9.17, 15) is 4.39 Å². The van der Waals surface area contributed by atoms with Crippen LogP contribution in [0.15, 0.2) is 24.3 Å². The first-order valence-corrected chi connectivity index (χ1v) is 7.65. The van der Waals surface area contributed by atoms with Crippen LogP contribution < -0.4 is 5.32 Å². The van der Waals surface area contributed by atoms with Crippen LogP contribution >= 0.6 is 0 Å². The molecule has 1 atom stereocenters. The quantitative estimate of drug-likeness (QED) is 0.863. The molecule has 4 heteroatoms. The highest BCUT2D eigenvalue weighted by atomic mass is 19.1. The van der Waals surface area contributed by atoms with E-state index in [1.807, 2.05) is 0 Å². The predicted molar refractivity (Wildman–Crippen MR) is 82.7 cm³/mol.